The maximum Gasteiger partial charge on any atom is 0.319 e. The third-order valence-electron chi connectivity index (χ3n) is 4.72. The first-order chi connectivity index (χ1) is 13.1. The fourth-order valence-corrected chi connectivity index (χ4v) is 3.38. The van der Waals surface area contributed by atoms with Gasteiger partial charge in [0.1, 0.15) is 0 Å². The number of para-hydroxylation sites is 1. The predicted molar refractivity (Wildman–Crippen MR) is 104 cm³/mol. The molecule has 3 rings (SSSR count). The summed E-state index contributed by atoms with van der Waals surface area (Å²) in [5.41, 5.74) is 0.791. The zero-order valence-corrected chi connectivity index (χ0v) is 16.1. The molecule has 1 atom stereocenters. The highest BCUT2D eigenvalue weighted by molar-refractivity contribution is 5.89. The van der Waals surface area contributed by atoms with E-state index in [4.69, 9.17) is 4.52 Å². The normalized spacial score (nSPS) is 17.8. The number of carbonyl (C=O) groups is 1. The van der Waals surface area contributed by atoms with Crippen molar-refractivity contribution in [1.29, 1.82) is 0 Å². The van der Waals surface area contributed by atoms with Crippen LogP contribution in [0.15, 0.2) is 34.9 Å². The number of hydrogen-bond donors (Lipinski definition) is 2. The summed E-state index contributed by atoms with van der Waals surface area (Å²) in [5.74, 6) is 1.94. The Morgan fingerprint density at radius 3 is 2.89 bits per heavy atom. The van der Waals surface area contributed by atoms with Gasteiger partial charge in [-0.2, -0.15) is 4.98 Å². The molecule has 0 spiro atoms. The Morgan fingerprint density at radius 2 is 2.11 bits per heavy atom. The van der Waals surface area contributed by atoms with Crippen LogP contribution >= 0.6 is 0 Å². The van der Waals surface area contributed by atoms with Gasteiger partial charge < -0.3 is 15.2 Å². The van der Waals surface area contributed by atoms with Crippen molar-refractivity contribution in [3.8, 4) is 0 Å². The van der Waals surface area contributed by atoms with Crippen LogP contribution in [-0.2, 0) is 13.0 Å². The number of piperidine rings is 1. The molecule has 2 aromatic rings. The zero-order valence-electron chi connectivity index (χ0n) is 16.1. The van der Waals surface area contributed by atoms with Gasteiger partial charge in [0.2, 0.25) is 5.89 Å². The summed E-state index contributed by atoms with van der Waals surface area (Å²) < 4.78 is 5.42. The van der Waals surface area contributed by atoms with Crippen LogP contribution in [0, 0.1) is 5.92 Å². The quantitative estimate of drug-likeness (QED) is 0.779. The van der Waals surface area contributed by atoms with E-state index >= 15 is 0 Å². The number of likely N-dealkylation sites (tertiary alicyclic amines) is 1. The molecule has 27 heavy (non-hydrogen) atoms. The van der Waals surface area contributed by atoms with Gasteiger partial charge in [0.05, 0.1) is 6.54 Å². The van der Waals surface area contributed by atoms with Gasteiger partial charge in [0.15, 0.2) is 5.82 Å². The molecule has 1 aliphatic rings. The van der Waals surface area contributed by atoms with Crippen molar-refractivity contribution >= 4 is 11.7 Å². The summed E-state index contributed by atoms with van der Waals surface area (Å²) in [6.07, 6.45) is 4.21. The third kappa shape index (κ3) is 6.06. The standard InChI is InChI=1S/C20H29N5O2/c1-15(2)12-18-23-19(27-24-18)14-25-11-7-6-10-17(25)13-21-20(26)22-16-8-4-3-5-9-16/h3-5,8-9,15,17H,6-7,10-14H2,1-2H3,(H2,21,22,26). The Bertz CT molecular complexity index is 716. The van der Waals surface area contributed by atoms with Crippen molar-refractivity contribution in [2.24, 2.45) is 5.92 Å². The van der Waals surface area contributed by atoms with Gasteiger partial charge >= 0.3 is 6.03 Å². The number of benzene rings is 1. The fraction of sp³-hybridized carbons (Fsp3) is 0.550. The van der Waals surface area contributed by atoms with Gasteiger partial charge in [0, 0.05) is 24.7 Å². The van der Waals surface area contributed by atoms with Crippen molar-refractivity contribution < 1.29 is 9.32 Å². The number of anilines is 1. The lowest BCUT2D eigenvalue weighted by Crippen LogP contribution is -2.47. The van der Waals surface area contributed by atoms with E-state index in [1.54, 1.807) is 0 Å². The van der Waals surface area contributed by atoms with Crippen LogP contribution in [0.3, 0.4) is 0 Å². The summed E-state index contributed by atoms with van der Waals surface area (Å²) in [4.78, 5) is 19.0. The lowest BCUT2D eigenvalue weighted by molar-refractivity contribution is 0.123. The first-order valence-corrected chi connectivity index (χ1v) is 9.75. The van der Waals surface area contributed by atoms with Gasteiger partial charge in [0.25, 0.3) is 0 Å². The molecule has 0 bridgehead atoms. The number of amides is 2. The van der Waals surface area contributed by atoms with Crippen LogP contribution in [0.4, 0.5) is 10.5 Å². The molecule has 2 heterocycles. The van der Waals surface area contributed by atoms with E-state index < -0.39 is 0 Å². The molecular weight excluding hydrogens is 342 g/mol. The van der Waals surface area contributed by atoms with Crippen LogP contribution in [0.5, 0.6) is 0 Å². The summed E-state index contributed by atoms with van der Waals surface area (Å²) >= 11 is 0. The number of nitrogens with zero attached hydrogens (tertiary/aromatic N) is 3. The summed E-state index contributed by atoms with van der Waals surface area (Å²) in [5, 5.41) is 9.92. The smallest absolute Gasteiger partial charge is 0.319 e. The van der Waals surface area contributed by atoms with Crippen molar-refractivity contribution in [2.75, 3.05) is 18.4 Å². The molecule has 1 saturated heterocycles. The van der Waals surface area contributed by atoms with Crippen molar-refractivity contribution in [2.45, 2.75) is 52.1 Å². The monoisotopic (exact) mass is 371 g/mol. The maximum absolute atomic E-state index is 12.1. The van der Waals surface area contributed by atoms with Crippen LogP contribution < -0.4 is 10.6 Å². The zero-order chi connectivity index (χ0) is 19.1. The molecule has 2 N–H and O–H groups in total. The van der Waals surface area contributed by atoms with Gasteiger partial charge in [-0.1, -0.05) is 43.6 Å². The number of aromatic nitrogens is 2. The Morgan fingerprint density at radius 1 is 1.30 bits per heavy atom. The van der Waals surface area contributed by atoms with Crippen LogP contribution in [-0.4, -0.2) is 40.2 Å². The topological polar surface area (TPSA) is 83.3 Å². The summed E-state index contributed by atoms with van der Waals surface area (Å²) in [6.45, 7) is 6.50. The van der Waals surface area contributed by atoms with E-state index in [0.717, 1.165) is 37.3 Å². The van der Waals surface area contributed by atoms with Gasteiger partial charge in [-0.05, 0) is 37.4 Å². The second-order valence-corrected chi connectivity index (χ2v) is 7.52. The molecule has 0 saturated carbocycles. The molecule has 1 fully saturated rings. The third-order valence-corrected chi connectivity index (χ3v) is 4.72. The van der Waals surface area contributed by atoms with Crippen molar-refractivity contribution in [3.05, 3.63) is 42.0 Å². The molecule has 1 aromatic carbocycles. The minimum absolute atomic E-state index is 0.177. The van der Waals surface area contributed by atoms with E-state index in [9.17, 15) is 4.79 Å². The van der Waals surface area contributed by atoms with Crippen LogP contribution in [0.1, 0.15) is 44.8 Å². The molecular formula is C20H29N5O2. The number of carbonyl (C=O) groups excluding carboxylic acids is 1. The van der Waals surface area contributed by atoms with Crippen LogP contribution in [0.2, 0.25) is 0 Å². The lowest BCUT2D eigenvalue weighted by Gasteiger charge is -2.34. The Balaban J connectivity index is 1.51. The average molecular weight is 371 g/mol. The lowest BCUT2D eigenvalue weighted by atomic mass is 10.0. The predicted octanol–water partition coefficient (Wildman–Crippen LogP) is 3.44. The Hall–Kier alpha value is -2.41. The molecule has 2 amide bonds. The molecule has 0 aliphatic carbocycles. The fourth-order valence-electron chi connectivity index (χ4n) is 3.38. The largest absolute Gasteiger partial charge is 0.338 e. The number of urea groups is 1. The minimum atomic E-state index is -0.177. The second kappa shape index (κ2) is 9.50. The first-order valence-electron chi connectivity index (χ1n) is 9.75. The van der Waals surface area contributed by atoms with Crippen molar-refractivity contribution in [3.63, 3.8) is 0 Å². The van der Waals surface area contributed by atoms with Gasteiger partial charge in [-0.3, -0.25) is 4.90 Å². The highest BCUT2D eigenvalue weighted by atomic mass is 16.5. The molecule has 1 aromatic heterocycles. The molecule has 0 radical (unpaired) electrons. The SMILES string of the molecule is CC(C)Cc1noc(CN2CCCCC2CNC(=O)Nc2ccccc2)n1. The highest BCUT2D eigenvalue weighted by Gasteiger charge is 2.25. The maximum atomic E-state index is 12.1. The summed E-state index contributed by atoms with van der Waals surface area (Å²) in [6, 6.07) is 9.57. The molecule has 1 aliphatic heterocycles. The van der Waals surface area contributed by atoms with E-state index in [0.29, 0.717) is 24.9 Å². The number of rotatable bonds is 7. The van der Waals surface area contributed by atoms with Crippen molar-refractivity contribution in [1.82, 2.24) is 20.4 Å². The van der Waals surface area contributed by atoms with Gasteiger partial charge in [-0.25, -0.2) is 4.79 Å². The van der Waals surface area contributed by atoms with E-state index in [-0.39, 0.29) is 12.1 Å². The molecule has 7 nitrogen and oxygen atoms in total. The van der Waals surface area contributed by atoms with E-state index in [1.165, 1.54) is 6.42 Å². The van der Waals surface area contributed by atoms with Gasteiger partial charge in [-0.15, -0.1) is 0 Å². The minimum Gasteiger partial charge on any atom is -0.338 e. The number of hydrogen-bond acceptors (Lipinski definition) is 5. The Kier molecular flexibility index (Phi) is 6.81. The van der Waals surface area contributed by atoms with E-state index in [2.05, 4.69) is 39.5 Å². The molecule has 1 unspecified atom stereocenters. The second-order valence-electron chi connectivity index (χ2n) is 7.52. The van der Waals surface area contributed by atoms with E-state index in [1.807, 2.05) is 30.3 Å². The first kappa shape index (κ1) is 19.4. The average Bonchev–Trinajstić information content (AvgIpc) is 3.08. The highest BCUT2D eigenvalue weighted by Crippen LogP contribution is 2.19. The van der Waals surface area contributed by atoms with Crippen LogP contribution in [0.25, 0.3) is 0 Å². The molecule has 146 valence electrons. The Labute approximate surface area is 160 Å². The summed E-state index contributed by atoms with van der Waals surface area (Å²) in [7, 11) is 0. The molecule has 7 heteroatoms. The number of nitrogens with one attached hydrogen (secondary N) is 2.